The summed E-state index contributed by atoms with van der Waals surface area (Å²) in [5, 5.41) is 11.9. The maximum atomic E-state index is 13.4. The molecule has 1 aliphatic rings. The molecule has 0 bridgehead atoms. The summed E-state index contributed by atoms with van der Waals surface area (Å²) < 4.78 is 3.21. The summed E-state index contributed by atoms with van der Waals surface area (Å²) in [6.07, 6.45) is 4.53. The SMILES string of the molecule is Cc1nc2n(n1)CCN(C(=O)c1nc3ncccn3n1)CCCC(=O)N(C)[C@@H](C)C(=O)N[C@@H]2CC(C)C. The van der Waals surface area contributed by atoms with Crippen LogP contribution in [0.25, 0.3) is 5.78 Å². The van der Waals surface area contributed by atoms with Crippen LogP contribution < -0.4 is 5.32 Å². The predicted molar refractivity (Wildman–Crippen MR) is 133 cm³/mol. The van der Waals surface area contributed by atoms with Gasteiger partial charge in [0.15, 0.2) is 0 Å². The number of amides is 3. The molecule has 0 radical (unpaired) electrons. The van der Waals surface area contributed by atoms with Gasteiger partial charge in [-0.2, -0.15) is 10.1 Å². The van der Waals surface area contributed by atoms with Gasteiger partial charge in [0.2, 0.25) is 17.6 Å². The number of nitrogens with zero attached hydrogens (tertiary/aromatic N) is 9. The highest BCUT2D eigenvalue weighted by atomic mass is 16.2. The van der Waals surface area contributed by atoms with E-state index in [0.29, 0.717) is 49.9 Å². The van der Waals surface area contributed by atoms with Crippen LogP contribution in [0.1, 0.15) is 68.3 Å². The Bertz CT molecular complexity index is 1250. The molecule has 2 atom stereocenters. The molecule has 13 heteroatoms. The molecular weight excluding hydrogens is 476 g/mol. The minimum Gasteiger partial charge on any atom is -0.344 e. The van der Waals surface area contributed by atoms with Gasteiger partial charge in [-0.05, 0) is 38.7 Å². The van der Waals surface area contributed by atoms with Gasteiger partial charge in [0, 0.05) is 39.0 Å². The minimum atomic E-state index is -0.657. The predicted octanol–water partition coefficient (Wildman–Crippen LogP) is 1.01. The molecule has 0 saturated carbocycles. The van der Waals surface area contributed by atoms with E-state index in [4.69, 9.17) is 0 Å². The maximum absolute atomic E-state index is 13.4. The third-order valence-corrected chi connectivity index (χ3v) is 6.49. The molecule has 0 aliphatic carbocycles. The summed E-state index contributed by atoms with van der Waals surface area (Å²) in [4.78, 5) is 55.5. The Labute approximate surface area is 215 Å². The van der Waals surface area contributed by atoms with E-state index in [2.05, 4.69) is 44.3 Å². The molecule has 0 spiro atoms. The highest BCUT2D eigenvalue weighted by Crippen LogP contribution is 2.21. The molecule has 4 rings (SSSR count). The number of hydrogen-bond acceptors (Lipinski definition) is 8. The maximum Gasteiger partial charge on any atom is 0.293 e. The average Bonchev–Trinajstić information content (AvgIpc) is 3.46. The van der Waals surface area contributed by atoms with Crippen molar-refractivity contribution in [3.05, 3.63) is 35.9 Å². The molecule has 13 nitrogen and oxygen atoms in total. The fraction of sp³-hybridized carbons (Fsp3) is 0.583. The minimum absolute atomic E-state index is 0.0387. The molecule has 0 unspecified atom stereocenters. The Morgan fingerprint density at radius 1 is 1.16 bits per heavy atom. The summed E-state index contributed by atoms with van der Waals surface area (Å²) in [6, 6.07) is 0.662. The van der Waals surface area contributed by atoms with Gasteiger partial charge in [-0.15, -0.1) is 5.10 Å². The molecule has 0 fully saturated rings. The molecule has 4 heterocycles. The van der Waals surface area contributed by atoms with Crippen LogP contribution in [-0.4, -0.2) is 88.0 Å². The van der Waals surface area contributed by atoms with Gasteiger partial charge in [0.1, 0.15) is 17.7 Å². The second-order valence-corrected chi connectivity index (χ2v) is 9.81. The van der Waals surface area contributed by atoms with E-state index >= 15 is 0 Å². The number of hydrogen-bond donors (Lipinski definition) is 1. The third kappa shape index (κ3) is 5.92. The van der Waals surface area contributed by atoms with Crippen LogP contribution in [0.4, 0.5) is 0 Å². The molecule has 0 saturated heterocycles. The summed E-state index contributed by atoms with van der Waals surface area (Å²) >= 11 is 0. The van der Waals surface area contributed by atoms with Crippen molar-refractivity contribution < 1.29 is 14.4 Å². The van der Waals surface area contributed by atoms with Crippen LogP contribution in [0, 0.1) is 12.8 Å². The van der Waals surface area contributed by atoms with Crippen LogP contribution in [0.2, 0.25) is 0 Å². The average molecular weight is 511 g/mol. The zero-order valence-electron chi connectivity index (χ0n) is 22.0. The number of nitrogens with one attached hydrogen (secondary N) is 1. The van der Waals surface area contributed by atoms with Crippen molar-refractivity contribution in [3.63, 3.8) is 0 Å². The Balaban J connectivity index is 1.66. The lowest BCUT2D eigenvalue weighted by molar-refractivity contribution is -0.138. The van der Waals surface area contributed by atoms with E-state index in [1.807, 2.05) is 0 Å². The smallest absolute Gasteiger partial charge is 0.293 e. The van der Waals surface area contributed by atoms with Crippen LogP contribution in [-0.2, 0) is 16.1 Å². The molecule has 3 aromatic heterocycles. The highest BCUT2D eigenvalue weighted by Gasteiger charge is 2.29. The molecule has 1 N–H and O–H groups in total. The van der Waals surface area contributed by atoms with E-state index in [1.54, 1.807) is 48.9 Å². The first-order valence-corrected chi connectivity index (χ1v) is 12.6. The van der Waals surface area contributed by atoms with E-state index < -0.39 is 12.1 Å². The van der Waals surface area contributed by atoms with Crippen molar-refractivity contribution in [1.82, 2.24) is 49.5 Å². The lowest BCUT2D eigenvalue weighted by Crippen LogP contribution is -2.47. The monoisotopic (exact) mass is 510 g/mol. The number of fused-ring (bicyclic) bond motifs is 2. The van der Waals surface area contributed by atoms with Crippen molar-refractivity contribution in [2.75, 3.05) is 20.1 Å². The Morgan fingerprint density at radius 2 is 1.95 bits per heavy atom. The van der Waals surface area contributed by atoms with Crippen molar-refractivity contribution in [2.24, 2.45) is 5.92 Å². The fourth-order valence-electron chi connectivity index (χ4n) is 4.37. The van der Waals surface area contributed by atoms with Gasteiger partial charge < -0.3 is 15.1 Å². The van der Waals surface area contributed by atoms with Crippen molar-refractivity contribution in [1.29, 1.82) is 0 Å². The van der Waals surface area contributed by atoms with E-state index in [-0.39, 0.29) is 35.9 Å². The van der Waals surface area contributed by atoms with Crippen molar-refractivity contribution in [2.45, 2.75) is 65.6 Å². The van der Waals surface area contributed by atoms with E-state index in [9.17, 15) is 14.4 Å². The molecule has 37 heavy (non-hydrogen) atoms. The second kappa shape index (κ2) is 11.0. The first-order valence-electron chi connectivity index (χ1n) is 12.6. The first-order chi connectivity index (χ1) is 17.6. The Kier molecular flexibility index (Phi) is 7.79. The lowest BCUT2D eigenvalue weighted by atomic mass is 10.0. The van der Waals surface area contributed by atoms with Crippen LogP contribution in [0.3, 0.4) is 0 Å². The number of rotatable bonds is 3. The van der Waals surface area contributed by atoms with E-state index in [0.717, 1.165) is 0 Å². The topological polar surface area (TPSA) is 144 Å². The molecular formula is C24H34N10O3. The summed E-state index contributed by atoms with van der Waals surface area (Å²) in [7, 11) is 1.62. The van der Waals surface area contributed by atoms with Crippen molar-refractivity contribution in [3.8, 4) is 0 Å². The third-order valence-electron chi connectivity index (χ3n) is 6.49. The van der Waals surface area contributed by atoms with Crippen LogP contribution in [0.15, 0.2) is 18.5 Å². The standard InChI is InChI=1S/C24H34N10O3/c1-15(2)14-18-21-26-17(4)29-33(21)13-12-32(10-6-8-19(35)31(5)16(3)22(36)27-18)23(37)20-28-24-25-9-7-11-34(24)30-20/h7,9,11,15-16,18H,6,8,10,12-14H2,1-5H3,(H,27,36)/t16-,18+/m0/s1. The number of aryl methyl sites for hydroxylation is 1. The van der Waals surface area contributed by atoms with Crippen LogP contribution in [0.5, 0.6) is 0 Å². The summed E-state index contributed by atoms with van der Waals surface area (Å²) in [6.45, 7) is 8.64. The quantitative estimate of drug-likeness (QED) is 0.550. The molecule has 3 amide bonds. The highest BCUT2D eigenvalue weighted by molar-refractivity contribution is 5.91. The molecule has 198 valence electrons. The summed E-state index contributed by atoms with van der Waals surface area (Å²) in [5.41, 5.74) is 0. The van der Waals surface area contributed by atoms with Crippen molar-refractivity contribution >= 4 is 23.5 Å². The zero-order valence-corrected chi connectivity index (χ0v) is 22.0. The molecule has 3 aromatic rings. The largest absolute Gasteiger partial charge is 0.344 e. The normalized spacial score (nSPS) is 20.2. The van der Waals surface area contributed by atoms with Gasteiger partial charge in [0.05, 0.1) is 12.6 Å². The number of likely N-dealkylation sites (N-methyl/N-ethyl adjacent to an activating group) is 1. The molecule has 1 aliphatic heterocycles. The number of carbonyl (C=O) groups excluding carboxylic acids is 3. The second-order valence-electron chi connectivity index (χ2n) is 9.81. The zero-order chi connectivity index (χ0) is 26.7. The van der Waals surface area contributed by atoms with Gasteiger partial charge >= 0.3 is 0 Å². The van der Waals surface area contributed by atoms with Gasteiger partial charge in [0.25, 0.3) is 11.7 Å². The Hall–Kier alpha value is -3.90. The first kappa shape index (κ1) is 26.2. The lowest BCUT2D eigenvalue weighted by Gasteiger charge is -2.29. The van der Waals surface area contributed by atoms with Crippen LogP contribution >= 0.6 is 0 Å². The Morgan fingerprint density at radius 3 is 2.68 bits per heavy atom. The van der Waals surface area contributed by atoms with Gasteiger partial charge in [-0.25, -0.2) is 19.2 Å². The van der Waals surface area contributed by atoms with E-state index in [1.165, 1.54) is 9.42 Å². The number of aromatic nitrogens is 7. The number of carbonyl (C=O) groups is 3. The fourth-order valence-corrected chi connectivity index (χ4v) is 4.37. The molecule has 0 aromatic carbocycles. The van der Waals surface area contributed by atoms with Gasteiger partial charge in [-0.1, -0.05) is 13.8 Å². The summed E-state index contributed by atoms with van der Waals surface area (Å²) in [5.74, 6) is 1.09. The van der Waals surface area contributed by atoms with Gasteiger partial charge in [-0.3, -0.25) is 14.4 Å².